The van der Waals surface area contributed by atoms with Crippen LogP contribution in [0.2, 0.25) is 0 Å². The van der Waals surface area contributed by atoms with Crippen LogP contribution >= 0.6 is 11.3 Å². The molecule has 31 heavy (non-hydrogen) atoms. The number of hydrogen-bond acceptors (Lipinski definition) is 2. The Bertz CT molecular complexity index is 913. The summed E-state index contributed by atoms with van der Waals surface area (Å²) in [5.41, 5.74) is 3.44. The van der Waals surface area contributed by atoms with Gasteiger partial charge in [0.05, 0.1) is 0 Å². The summed E-state index contributed by atoms with van der Waals surface area (Å²) in [6, 6.07) is 5.98. The molecule has 4 heteroatoms. The predicted molar refractivity (Wildman–Crippen MR) is 132 cm³/mol. The molecule has 1 aromatic carbocycles. The molecule has 0 aliphatic heterocycles. The third-order valence-electron chi connectivity index (χ3n) is 6.61. The van der Waals surface area contributed by atoms with Gasteiger partial charge >= 0.3 is 0 Å². The number of benzene rings is 1. The second kappa shape index (κ2) is 12.4. The molecule has 0 N–H and O–H groups in total. The average Bonchev–Trinajstić information content (AvgIpc) is 3.38. The van der Waals surface area contributed by atoms with Crippen molar-refractivity contribution in [1.29, 1.82) is 0 Å². The van der Waals surface area contributed by atoms with E-state index in [1.54, 1.807) is 17.4 Å². The molecule has 2 nitrogen and oxygen atoms in total. The van der Waals surface area contributed by atoms with E-state index in [4.69, 9.17) is 0 Å². The lowest BCUT2D eigenvalue weighted by atomic mass is 9.89. The topological polar surface area (TPSA) is 17.3 Å². The van der Waals surface area contributed by atoms with Crippen molar-refractivity contribution in [2.24, 2.45) is 0 Å². The maximum Gasteiger partial charge on any atom is 0.193 e. The highest BCUT2D eigenvalue weighted by molar-refractivity contribution is 7.15. The molecule has 0 fully saturated rings. The number of aromatic nitrogens is 2. The summed E-state index contributed by atoms with van der Waals surface area (Å²) in [6.45, 7) is 6.73. The van der Waals surface area contributed by atoms with Crippen molar-refractivity contribution in [2.45, 2.75) is 103 Å². The van der Waals surface area contributed by atoms with Gasteiger partial charge < -0.3 is 0 Å². The average molecular weight is 443 g/mol. The molecule has 0 saturated heterocycles. The van der Waals surface area contributed by atoms with Crippen molar-refractivity contribution < 1.29 is 4.39 Å². The largest absolute Gasteiger partial charge is 0.294 e. The minimum atomic E-state index is -0.00975. The number of thiazole rings is 1. The Labute approximate surface area is 191 Å². The fourth-order valence-corrected chi connectivity index (χ4v) is 5.59. The minimum absolute atomic E-state index is 0.00975. The van der Waals surface area contributed by atoms with E-state index < -0.39 is 0 Å². The van der Waals surface area contributed by atoms with Gasteiger partial charge in [0.2, 0.25) is 0 Å². The van der Waals surface area contributed by atoms with Gasteiger partial charge in [0.25, 0.3) is 0 Å². The number of halogens is 1. The van der Waals surface area contributed by atoms with E-state index in [0.29, 0.717) is 11.8 Å². The van der Waals surface area contributed by atoms with Gasteiger partial charge in [-0.1, -0.05) is 71.4 Å². The molecule has 2 heterocycles. The van der Waals surface area contributed by atoms with E-state index in [2.05, 4.69) is 47.8 Å². The quantitative estimate of drug-likeness (QED) is 0.228. The summed E-state index contributed by atoms with van der Waals surface area (Å²) in [6.07, 6.45) is 16.8. The van der Waals surface area contributed by atoms with Crippen LogP contribution in [0.3, 0.4) is 0 Å². The molecule has 0 spiro atoms. The van der Waals surface area contributed by atoms with Gasteiger partial charge in [-0.25, -0.2) is 9.37 Å². The van der Waals surface area contributed by atoms with Gasteiger partial charge in [-0.3, -0.25) is 4.40 Å². The Kier molecular flexibility index (Phi) is 9.57. The van der Waals surface area contributed by atoms with Crippen LogP contribution in [0.25, 0.3) is 4.96 Å². The van der Waals surface area contributed by atoms with Crippen LogP contribution in [0.4, 0.5) is 4.39 Å². The monoisotopic (exact) mass is 442 g/mol. The Morgan fingerprint density at radius 1 is 1.00 bits per heavy atom. The molecule has 0 saturated carbocycles. The SMILES string of the molecule is CCCCCCCc1ccc(C(C)CCCC(CCC)c2csc3nccn23)cc1F. The smallest absolute Gasteiger partial charge is 0.193 e. The summed E-state index contributed by atoms with van der Waals surface area (Å²) in [5.74, 6) is 0.961. The fourth-order valence-electron chi connectivity index (χ4n) is 4.65. The molecular formula is C27H39FN2S. The number of unbranched alkanes of at least 4 members (excludes halogenated alkanes) is 4. The van der Waals surface area contributed by atoms with Gasteiger partial charge in [-0.05, 0) is 55.2 Å². The zero-order valence-corrected chi connectivity index (χ0v) is 20.4. The van der Waals surface area contributed by atoms with Crippen LogP contribution in [0.5, 0.6) is 0 Å². The maximum absolute atomic E-state index is 14.6. The Morgan fingerprint density at radius 2 is 1.84 bits per heavy atom. The molecule has 0 radical (unpaired) electrons. The first kappa shape index (κ1) is 24.0. The maximum atomic E-state index is 14.6. The van der Waals surface area contributed by atoms with Crippen LogP contribution < -0.4 is 0 Å². The molecule has 0 amide bonds. The summed E-state index contributed by atoms with van der Waals surface area (Å²) in [4.78, 5) is 5.51. The number of imidazole rings is 1. The van der Waals surface area contributed by atoms with Gasteiger partial charge in [0, 0.05) is 29.4 Å². The minimum Gasteiger partial charge on any atom is -0.294 e. The van der Waals surface area contributed by atoms with Crippen molar-refractivity contribution in [3.05, 3.63) is 58.6 Å². The predicted octanol–water partition coefficient (Wildman–Crippen LogP) is 8.91. The molecule has 0 aliphatic rings. The first-order valence-corrected chi connectivity index (χ1v) is 13.2. The molecule has 2 aromatic heterocycles. The Hall–Kier alpha value is -1.68. The molecule has 3 aromatic rings. The van der Waals surface area contributed by atoms with E-state index in [9.17, 15) is 4.39 Å². The molecule has 2 atom stereocenters. The third kappa shape index (κ3) is 6.65. The highest BCUT2D eigenvalue weighted by Crippen LogP contribution is 2.32. The fraction of sp³-hybridized carbons (Fsp3) is 0.593. The van der Waals surface area contributed by atoms with Crippen molar-refractivity contribution >= 4 is 16.3 Å². The second-order valence-electron chi connectivity index (χ2n) is 9.07. The molecular weight excluding hydrogens is 403 g/mol. The molecule has 0 aliphatic carbocycles. The summed E-state index contributed by atoms with van der Waals surface area (Å²) in [5, 5.41) is 2.28. The first-order chi connectivity index (χ1) is 15.1. The normalized spacial score (nSPS) is 13.7. The number of hydrogen-bond donors (Lipinski definition) is 0. The molecule has 3 rings (SSSR count). The molecule has 0 bridgehead atoms. The van der Waals surface area contributed by atoms with Crippen molar-refractivity contribution in [2.75, 3.05) is 0 Å². The van der Waals surface area contributed by atoms with Gasteiger partial charge in [-0.2, -0.15) is 0 Å². The lowest BCUT2D eigenvalue weighted by Crippen LogP contribution is -2.04. The van der Waals surface area contributed by atoms with Crippen molar-refractivity contribution in [3.63, 3.8) is 0 Å². The van der Waals surface area contributed by atoms with E-state index in [1.807, 2.05) is 12.3 Å². The van der Waals surface area contributed by atoms with Crippen molar-refractivity contribution in [1.82, 2.24) is 9.38 Å². The molecule has 2 unspecified atom stereocenters. The van der Waals surface area contributed by atoms with E-state index in [-0.39, 0.29) is 5.82 Å². The van der Waals surface area contributed by atoms with Gasteiger partial charge in [-0.15, -0.1) is 11.3 Å². The summed E-state index contributed by atoms with van der Waals surface area (Å²) >= 11 is 1.73. The van der Waals surface area contributed by atoms with Crippen LogP contribution in [0, 0.1) is 5.82 Å². The summed E-state index contributed by atoms with van der Waals surface area (Å²) < 4.78 is 16.9. The Morgan fingerprint density at radius 3 is 2.61 bits per heavy atom. The Balaban J connectivity index is 1.50. The zero-order valence-electron chi connectivity index (χ0n) is 19.6. The number of rotatable bonds is 14. The van der Waals surface area contributed by atoms with Gasteiger partial charge in [0.1, 0.15) is 5.82 Å². The number of fused-ring (bicyclic) bond motifs is 1. The first-order valence-electron chi connectivity index (χ1n) is 12.3. The molecule has 170 valence electrons. The third-order valence-corrected chi connectivity index (χ3v) is 7.48. The van der Waals surface area contributed by atoms with E-state index >= 15 is 0 Å². The highest BCUT2D eigenvalue weighted by Gasteiger charge is 2.17. The highest BCUT2D eigenvalue weighted by atomic mass is 32.1. The second-order valence-corrected chi connectivity index (χ2v) is 9.91. The number of nitrogens with zero attached hydrogens (tertiary/aromatic N) is 2. The lowest BCUT2D eigenvalue weighted by molar-refractivity contribution is 0.500. The van der Waals surface area contributed by atoms with Gasteiger partial charge in [0.15, 0.2) is 4.96 Å². The van der Waals surface area contributed by atoms with Crippen LogP contribution in [-0.2, 0) is 6.42 Å². The number of aryl methyl sites for hydroxylation is 1. The van der Waals surface area contributed by atoms with E-state index in [1.165, 1.54) is 57.1 Å². The van der Waals surface area contributed by atoms with Crippen LogP contribution in [-0.4, -0.2) is 9.38 Å². The zero-order chi connectivity index (χ0) is 22.1. The summed E-state index contributed by atoms with van der Waals surface area (Å²) in [7, 11) is 0. The van der Waals surface area contributed by atoms with E-state index in [0.717, 1.165) is 35.4 Å². The van der Waals surface area contributed by atoms with Crippen LogP contribution in [0.15, 0.2) is 36.0 Å². The standard InChI is InChI=1S/C27H39FN2S/c1-4-6-7-8-9-13-22-15-16-24(19-25(22)28)21(3)12-10-14-23(11-5-2)26-20-31-27-29-17-18-30(26)27/h15-21,23H,4-14H2,1-3H3. The lowest BCUT2D eigenvalue weighted by Gasteiger charge is -2.18. The van der Waals surface area contributed by atoms with Crippen LogP contribution in [0.1, 0.15) is 114 Å². The van der Waals surface area contributed by atoms with Crippen molar-refractivity contribution in [3.8, 4) is 0 Å².